The van der Waals surface area contributed by atoms with Crippen LogP contribution in [0.1, 0.15) is 57.6 Å². The van der Waals surface area contributed by atoms with E-state index in [4.69, 9.17) is 4.74 Å². The molecule has 1 aliphatic carbocycles. The number of rotatable bonds is 9. The molecule has 1 N–H and O–H groups in total. The lowest BCUT2D eigenvalue weighted by molar-refractivity contribution is 0.317. The Morgan fingerprint density at radius 1 is 1.19 bits per heavy atom. The molecule has 0 bridgehead atoms. The highest BCUT2D eigenvalue weighted by atomic mass is 32.2. The molecular weight excluding hydrogens is 278 g/mol. The van der Waals surface area contributed by atoms with Gasteiger partial charge in [-0.3, -0.25) is 0 Å². The lowest BCUT2D eigenvalue weighted by atomic mass is 10.1. The maximum atomic E-state index is 5.67. The molecule has 1 aromatic carbocycles. The molecule has 0 aromatic heterocycles. The zero-order valence-electron chi connectivity index (χ0n) is 13.4. The fourth-order valence-electron chi connectivity index (χ4n) is 2.82. The fourth-order valence-corrected chi connectivity index (χ4v) is 4.26. The molecule has 1 aliphatic rings. The van der Waals surface area contributed by atoms with Crippen LogP contribution < -0.4 is 10.1 Å². The largest absolute Gasteiger partial charge is 0.494 e. The van der Waals surface area contributed by atoms with Gasteiger partial charge in [0.15, 0.2) is 0 Å². The zero-order valence-corrected chi connectivity index (χ0v) is 14.3. The van der Waals surface area contributed by atoms with Gasteiger partial charge in [0.05, 0.1) is 6.61 Å². The summed E-state index contributed by atoms with van der Waals surface area (Å²) in [5.74, 6) is 2.16. The highest BCUT2D eigenvalue weighted by molar-refractivity contribution is 7.99. The molecule has 0 radical (unpaired) electrons. The van der Waals surface area contributed by atoms with Crippen molar-refractivity contribution in [3.63, 3.8) is 0 Å². The third-order valence-electron chi connectivity index (χ3n) is 4.01. The number of benzene rings is 1. The van der Waals surface area contributed by atoms with Gasteiger partial charge in [-0.25, -0.2) is 0 Å². The fraction of sp³-hybridized carbons (Fsp3) is 0.667. The van der Waals surface area contributed by atoms with Crippen LogP contribution in [0.25, 0.3) is 0 Å². The minimum absolute atomic E-state index is 0.459. The summed E-state index contributed by atoms with van der Waals surface area (Å²) in [5.41, 5.74) is 1.38. The van der Waals surface area contributed by atoms with Crippen LogP contribution in [0.3, 0.4) is 0 Å². The van der Waals surface area contributed by atoms with Crippen molar-refractivity contribution in [2.45, 2.75) is 57.2 Å². The van der Waals surface area contributed by atoms with Crippen LogP contribution in [0.15, 0.2) is 24.3 Å². The Hall–Kier alpha value is -0.670. The molecule has 0 amide bonds. The average molecular weight is 308 g/mol. The van der Waals surface area contributed by atoms with Gasteiger partial charge in [-0.2, -0.15) is 11.8 Å². The summed E-state index contributed by atoms with van der Waals surface area (Å²) in [5, 5.41) is 4.51. The standard InChI is InChI=1S/C18H29NOS/c1-3-13-20-16-11-9-15(10-12-16)18(19-4-2)14-21-17-7-5-6-8-17/h9-12,17-19H,3-8,13-14H2,1-2H3. The lowest BCUT2D eigenvalue weighted by Gasteiger charge is -2.20. The molecule has 0 heterocycles. The Morgan fingerprint density at radius 3 is 2.52 bits per heavy atom. The molecule has 1 saturated carbocycles. The maximum absolute atomic E-state index is 5.67. The number of ether oxygens (including phenoxy) is 1. The first kappa shape index (κ1) is 16.7. The van der Waals surface area contributed by atoms with Gasteiger partial charge in [0.2, 0.25) is 0 Å². The van der Waals surface area contributed by atoms with Crippen molar-refractivity contribution in [2.24, 2.45) is 0 Å². The van der Waals surface area contributed by atoms with Gasteiger partial charge in [0.25, 0.3) is 0 Å². The highest BCUT2D eigenvalue weighted by Gasteiger charge is 2.18. The smallest absolute Gasteiger partial charge is 0.119 e. The molecule has 118 valence electrons. The summed E-state index contributed by atoms with van der Waals surface area (Å²) in [7, 11) is 0. The van der Waals surface area contributed by atoms with E-state index in [0.29, 0.717) is 6.04 Å². The van der Waals surface area contributed by atoms with E-state index < -0.39 is 0 Å². The first-order chi connectivity index (χ1) is 10.3. The molecule has 2 nitrogen and oxygen atoms in total. The van der Waals surface area contributed by atoms with E-state index in [-0.39, 0.29) is 0 Å². The zero-order chi connectivity index (χ0) is 14.9. The molecule has 0 saturated heterocycles. The van der Waals surface area contributed by atoms with E-state index in [2.05, 4.69) is 55.2 Å². The van der Waals surface area contributed by atoms with Crippen molar-refractivity contribution in [1.82, 2.24) is 5.32 Å². The molecule has 1 aromatic rings. The molecule has 0 spiro atoms. The van der Waals surface area contributed by atoms with Crippen LogP contribution >= 0.6 is 11.8 Å². The van der Waals surface area contributed by atoms with Gasteiger partial charge in [0.1, 0.15) is 5.75 Å². The Balaban J connectivity index is 1.89. The predicted molar refractivity (Wildman–Crippen MR) is 93.4 cm³/mol. The van der Waals surface area contributed by atoms with E-state index in [9.17, 15) is 0 Å². The van der Waals surface area contributed by atoms with E-state index in [0.717, 1.165) is 30.6 Å². The van der Waals surface area contributed by atoms with Gasteiger partial charge in [-0.05, 0) is 43.5 Å². The van der Waals surface area contributed by atoms with Crippen molar-refractivity contribution < 1.29 is 4.74 Å². The molecule has 0 aliphatic heterocycles. The minimum Gasteiger partial charge on any atom is -0.494 e. The van der Waals surface area contributed by atoms with Crippen molar-refractivity contribution in [3.05, 3.63) is 29.8 Å². The summed E-state index contributed by atoms with van der Waals surface area (Å²) < 4.78 is 5.67. The topological polar surface area (TPSA) is 21.3 Å². The van der Waals surface area contributed by atoms with Gasteiger partial charge in [-0.1, -0.05) is 38.8 Å². The molecule has 1 atom stereocenters. The van der Waals surface area contributed by atoms with Crippen molar-refractivity contribution in [2.75, 3.05) is 18.9 Å². The maximum Gasteiger partial charge on any atom is 0.119 e. The van der Waals surface area contributed by atoms with Crippen LogP contribution in [0.2, 0.25) is 0 Å². The molecule has 3 heteroatoms. The minimum atomic E-state index is 0.459. The van der Waals surface area contributed by atoms with Crippen molar-refractivity contribution >= 4 is 11.8 Å². The first-order valence-electron chi connectivity index (χ1n) is 8.41. The van der Waals surface area contributed by atoms with Crippen molar-refractivity contribution in [3.8, 4) is 5.75 Å². The second kappa shape index (κ2) is 9.37. The Morgan fingerprint density at radius 2 is 1.90 bits per heavy atom. The molecule has 2 rings (SSSR count). The van der Waals surface area contributed by atoms with Crippen LogP contribution in [0.5, 0.6) is 5.75 Å². The van der Waals surface area contributed by atoms with E-state index in [1.165, 1.54) is 37.0 Å². The van der Waals surface area contributed by atoms with Crippen LogP contribution in [-0.4, -0.2) is 24.2 Å². The van der Waals surface area contributed by atoms with Gasteiger partial charge in [0, 0.05) is 17.0 Å². The number of nitrogens with one attached hydrogen (secondary N) is 1. The third kappa shape index (κ3) is 5.55. The molecule has 21 heavy (non-hydrogen) atoms. The Bertz CT molecular complexity index is 387. The van der Waals surface area contributed by atoms with E-state index in [1.54, 1.807) is 0 Å². The normalized spacial score (nSPS) is 17.0. The average Bonchev–Trinajstić information content (AvgIpc) is 3.03. The summed E-state index contributed by atoms with van der Waals surface area (Å²) in [6.45, 7) is 6.14. The van der Waals surface area contributed by atoms with Gasteiger partial charge < -0.3 is 10.1 Å². The second-order valence-corrected chi connectivity index (χ2v) is 7.10. The molecule has 1 fully saturated rings. The van der Waals surface area contributed by atoms with Crippen LogP contribution in [0.4, 0.5) is 0 Å². The second-order valence-electron chi connectivity index (χ2n) is 5.77. The Labute approximate surface area is 134 Å². The molecule has 1 unspecified atom stereocenters. The first-order valence-corrected chi connectivity index (χ1v) is 9.46. The number of thioether (sulfide) groups is 1. The number of hydrogen-bond acceptors (Lipinski definition) is 3. The SMILES string of the molecule is CCCOc1ccc(C(CSC2CCCC2)NCC)cc1. The monoisotopic (exact) mass is 307 g/mol. The van der Waals surface area contributed by atoms with Crippen LogP contribution in [0, 0.1) is 0 Å². The summed E-state index contributed by atoms with van der Waals surface area (Å²) in [4.78, 5) is 0. The number of hydrogen-bond donors (Lipinski definition) is 1. The highest BCUT2D eigenvalue weighted by Crippen LogP contribution is 2.32. The quantitative estimate of drug-likeness (QED) is 0.708. The van der Waals surface area contributed by atoms with E-state index >= 15 is 0 Å². The molecular formula is C18H29NOS. The summed E-state index contributed by atoms with van der Waals surface area (Å²) in [6.07, 6.45) is 6.72. The van der Waals surface area contributed by atoms with Crippen LogP contribution in [-0.2, 0) is 0 Å². The van der Waals surface area contributed by atoms with Gasteiger partial charge in [-0.15, -0.1) is 0 Å². The summed E-state index contributed by atoms with van der Waals surface area (Å²) >= 11 is 2.15. The summed E-state index contributed by atoms with van der Waals surface area (Å²) in [6, 6.07) is 9.10. The third-order valence-corrected chi connectivity index (χ3v) is 5.48. The van der Waals surface area contributed by atoms with E-state index in [1.807, 2.05) is 0 Å². The predicted octanol–water partition coefficient (Wildman–Crippen LogP) is 4.80. The lowest BCUT2D eigenvalue weighted by Crippen LogP contribution is -2.23. The Kier molecular flexibility index (Phi) is 7.45. The van der Waals surface area contributed by atoms with Crippen molar-refractivity contribution in [1.29, 1.82) is 0 Å². The van der Waals surface area contributed by atoms with Gasteiger partial charge >= 0.3 is 0 Å².